The summed E-state index contributed by atoms with van der Waals surface area (Å²) >= 11 is 0. The third kappa shape index (κ3) is 2.58. The zero-order valence-electron chi connectivity index (χ0n) is 10.7. The maximum absolute atomic E-state index is 11.7. The van der Waals surface area contributed by atoms with E-state index in [4.69, 9.17) is 14.2 Å². The SMILES string of the molecule is CCCCC1(OC(=O)NC2C(=O)OC2C)COC1. The molecule has 2 aliphatic heterocycles. The molecule has 2 aliphatic rings. The van der Waals surface area contributed by atoms with Crippen LogP contribution in [0, 0.1) is 0 Å². The van der Waals surface area contributed by atoms with Gasteiger partial charge in [-0.05, 0) is 19.8 Å². The highest BCUT2D eigenvalue weighted by atomic mass is 16.6. The van der Waals surface area contributed by atoms with Crippen LogP contribution in [0.4, 0.5) is 4.79 Å². The molecule has 1 N–H and O–H groups in total. The predicted octanol–water partition coefficient (Wildman–Crippen LogP) is 0.986. The van der Waals surface area contributed by atoms with Crippen LogP contribution >= 0.6 is 0 Å². The lowest BCUT2D eigenvalue weighted by Crippen LogP contribution is -2.61. The van der Waals surface area contributed by atoms with Crippen molar-refractivity contribution in [3.8, 4) is 0 Å². The number of alkyl carbamates (subject to hydrolysis) is 1. The van der Waals surface area contributed by atoms with Gasteiger partial charge in [-0.2, -0.15) is 0 Å². The highest BCUT2D eigenvalue weighted by Gasteiger charge is 2.45. The van der Waals surface area contributed by atoms with Crippen LogP contribution in [0.5, 0.6) is 0 Å². The Bertz CT molecular complexity index is 339. The van der Waals surface area contributed by atoms with Gasteiger partial charge in [-0.1, -0.05) is 13.3 Å². The van der Waals surface area contributed by atoms with Gasteiger partial charge in [-0.15, -0.1) is 0 Å². The number of hydrogen-bond donors (Lipinski definition) is 1. The molecule has 0 bridgehead atoms. The van der Waals surface area contributed by atoms with E-state index >= 15 is 0 Å². The molecular weight excluding hydrogens is 238 g/mol. The Labute approximate surface area is 106 Å². The molecule has 2 fully saturated rings. The number of esters is 1. The van der Waals surface area contributed by atoms with Gasteiger partial charge in [0.1, 0.15) is 6.10 Å². The van der Waals surface area contributed by atoms with E-state index in [-0.39, 0.29) is 6.10 Å². The van der Waals surface area contributed by atoms with Crippen molar-refractivity contribution in [3.63, 3.8) is 0 Å². The van der Waals surface area contributed by atoms with Gasteiger partial charge in [0.2, 0.25) is 0 Å². The van der Waals surface area contributed by atoms with Gasteiger partial charge in [-0.3, -0.25) is 0 Å². The monoisotopic (exact) mass is 257 g/mol. The Morgan fingerprint density at radius 1 is 1.56 bits per heavy atom. The molecule has 2 heterocycles. The fraction of sp³-hybridized carbons (Fsp3) is 0.833. The number of rotatable bonds is 5. The maximum Gasteiger partial charge on any atom is 0.408 e. The van der Waals surface area contributed by atoms with Crippen LogP contribution < -0.4 is 5.32 Å². The summed E-state index contributed by atoms with van der Waals surface area (Å²) in [6.45, 7) is 4.68. The summed E-state index contributed by atoms with van der Waals surface area (Å²) in [5, 5.41) is 2.52. The molecule has 0 saturated carbocycles. The van der Waals surface area contributed by atoms with Crippen molar-refractivity contribution in [2.45, 2.75) is 50.9 Å². The zero-order chi connectivity index (χ0) is 13.2. The highest BCUT2D eigenvalue weighted by Crippen LogP contribution is 2.28. The largest absolute Gasteiger partial charge is 0.458 e. The van der Waals surface area contributed by atoms with E-state index in [1.165, 1.54) is 0 Å². The Morgan fingerprint density at radius 2 is 2.28 bits per heavy atom. The Kier molecular flexibility index (Phi) is 3.75. The summed E-state index contributed by atoms with van der Waals surface area (Å²) in [6.07, 6.45) is 1.97. The molecule has 2 atom stereocenters. The molecule has 2 rings (SSSR count). The van der Waals surface area contributed by atoms with Crippen LogP contribution in [0.2, 0.25) is 0 Å². The van der Waals surface area contributed by atoms with Crippen LogP contribution in [0.15, 0.2) is 0 Å². The molecule has 0 aromatic heterocycles. The molecule has 6 heteroatoms. The lowest BCUT2D eigenvalue weighted by molar-refractivity contribution is -0.187. The number of ether oxygens (including phenoxy) is 3. The fourth-order valence-corrected chi connectivity index (χ4v) is 2.06. The molecule has 0 aromatic carbocycles. The van der Waals surface area contributed by atoms with E-state index < -0.39 is 23.7 Å². The molecule has 0 radical (unpaired) electrons. The molecule has 6 nitrogen and oxygen atoms in total. The summed E-state index contributed by atoms with van der Waals surface area (Å²) in [5.74, 6) is -0.410. The van der Waals surface area contributed by atoms with Gasteiger partial charge in [0.25, 0.3) is 0 Å². The molecule has 1 amide bonds. The fourth-order valence-electron chi connectivity index (χ4n) is 2.06. The highest BCUT2D eigenvalue weighted by molar-refractivity contribution is 5.86. The van der Waals surface area contributed by atoms with Crippen LogP contribution in [-0.2, 0) is 19.0 Å². The number of hydrogen-bond acceptors (Lipinski definition) is 5. The average molecular weight is 257 g/mol. The standard InChI is InChI=1S/C12H19NO5/c1-3-4-5-12(6-16-7-12)18-11(15)13-9-8(2)17-10(9)14/h8-9H,3-7H2,1-2H3,(H,13,15). The predicted molar refractivity (Wildman–Crippen MR) is 62.0 cm³/mol. The number of carbonyl (C=O) groups excluding carboxylic acids is 2. The summed E-state index contributed by atoms with van der Waals surface area (Å²) < 4.78 is 15.3. The van der Waals surface area contributed by atoms with Crippen LogP contribution in [-0.4, -0.2) is 43.0 Å². The first kappa shape index (κ1) is 13.1. The van der Waals surface area contributed by atoms with Crippen molar-refractivity contribution in [1.82, 2.24) is 5.32 Å². The van der Waals surface area contributed by atoms with Crippen molar-refractivity contribution >= 4 is 12.1 Å². The van der Waals surface area contributed by atoms with E-state index in [1.807, 2.05) is 0 Å². The smallest absolute Gasteiger partial charge is 0.408 e. The lowest BCUT2D eigenvalue weighted by Gasteiger charge is -2.41. The van der Waals surface area contributed by atoms with E-state index in [2.05, 4.69) is 12.2 Å². The molecule has 102 valence electrons. The van der Waals surface area contributed by atoms with E-state index in [0.717, 1.165) is 19.3 Å². The van der Waals surface area contributed by atoms with E-state index in [1.54, 1.807) is 6.92 Å². The van der Waals surface area contributed by atoms with Gasteiger partial charge in [0.05, 0.1) is 13.2 Å². The molecular formula is C12H19NO5. The molecule has 0 aromatic rings. The van der Waals surface area contributed by atoms with Crippen molar-refractivity contribution in [2.24, 2.45) is 0 Å². The first-order valence-electron chi connectivity index (χ1n) is 6.34. The second-order valence-electron chi connectivity index (χ2n) is 4.93. The van der Waals surface area contributed by atoms with Crippen molar-refractivity contribution < 1.29 is 23.8 Å². The molecule has 2 unspecified atom stereocenters. The van der Waals surface area contributed by atoms with Crippen LogP contribution in [0.1, 0.15) is 33.1 Å². The molecule has 0 aliphatic carbocycles. The number of nitrogens with one attached hydrogen (secondary N) is 1. The topological polar surface area (TPSA) is 73.9 Å². The molecule has 0 spiro atoms. The van der Waals surface area contributed by atoms with Gasteiger partial charge in [0, 0.05) is 0 Å². The quantitative estimate of drug-likeness (QED) is 0.743. The number of cyclic esters (lactones) is 1. The maximum atomic E-state index is 11.7. The van der Waals surface area contributed by atoms with Crippen LogP contribution in [0.25, 0.3) is 0 Å². The lowest BCUT2D eigenvalue weighted by atomic mass is 9.95. The Balaban J connectivity index is 1.80. The minimum Gasteiger partial charge on any atom is -0.458 e. The minimum atomic E-state index is -0.582. The van der Waals surface area contributed by atoms with E-state index in [9.17, 15) is 9.59 Å². The first-order chi connectivity index (χ1) is 8.56. The van der Waals surface area contributed by atoms with Gasteiger partial charge < -0.3 is 19.5 Å². The van der Waals surface area contributed by atoms with E-state index in [0.29, 0.717) is 13.2 Å². The number of carbonyl (C=O) groups is 2. The average Bonchev–Trinajstić information content (AvgIpc) is 2.30. The zero-order valence-corrected chi connectivity index (χ0v) is 10.7. The van der Waals surface area contributed by atoms with Gasteiger partial charge in [-0.25, -0.2) is 9.59 Å². The van der Waals surface area contributed by atoms with Crippen molar-refractivity contribution in [2.75, 3.05) is 13.2 Å². The molecule has 2 saturated heterocycles. The number of unbranched alkanes of at least 4 members (excludes halogenated alkanes) is 1. The Hall–Kier alpha value is -1.30. The van der Waals surface area contributed by atoms with Gasteiger partial charge in [0.15, 0.2) is 11.6 Å². The van der Waals surface area contributed by atoms with Crippen molar-refractivity contribution in [1.29, 1.82) is 0 Å². The molecule has 18 heavy (non-hydrogen) atoms. The Morgan fingerprint density at radius 3 is 2.72 bits per heavy atom. The number of amides is 1. The minimum absolute atomic E-state index is 0.283. The van der Waals surface area contributed by atoms with Gasteiger partial charge >= 0.3 is 12.1 Å². The summed E-state index contributed by atoms with van der Waals surface area (Å²) in [7, 11) is 0. The third-order valence-electron chi connectivity index (χ3n) is 3.32. The first-order valence-corrected chi connectivity index (χ1v) is 6.34. The second kappa shape index (κ2) is 5.14. The summed E-state index contributed by atoms with van der Waals surface area (Å²) in [5.41, 5.74) is -0.503. The third-order valence-corrected chi connectivity index (χ3v) is 3.32. The normalized spacial score (nSPS) is 28.7. The van der Waals surface area contributed by atoms with Crippen molar-refractivity contribution in [3.05, 3.63) is 0 Å². The van der Waals surface area contributed by atoms with Crippen LogP contribution in [0.3, 0.4) is 0 Å². The summed E-state index contributed by atoms with van der Waals surface area (Å²) in [4.78, 5) is 22.8. The second-order valence-corrected chi connectivity index (χ2v) is 4.93. The summed E-state index contributed by atoms with van der Waals surface area (Å²) in [6, 6.07) is -0.582.